The van der Waals surface area contributed by atoms with Gasteiger partial charge in [0.25, 0.3) is 0 Å². The molecule has 72 valence electrons. The monoisotopic (exact) mass is 188 g/mol. The van der Waals surface area contributed by atoms with Crippen LogP contribution < -0.4 is 0 Å². The molecule has 0 aromatic heterocycles. The highest BCUT2D eigenvalue weighted by atomic mass is 32.2. The number of hydrogen-bond donors (Lipinski definition) is 0. The third-order valence-electron chi connectivity index (χ3n) is 1.73. The van der Waals surface area contributed by atoms with E-state index in [4.69, 9.17) is 0 Å². The summed E-state index contributed by atoms with van der Waals surface area (Å²) in [6.45, 7) is 6.02. The second kappa shape index (κ2) is 7.66. The molecule has 0 spiro atoms. The average molecular weight is 188 g/mol. The summed E-state index contributed by atoms with van der Waals surface area (Å²) in [7, 11) is 0. The SMILES string of the molecule is CCCCCSC(C)CC(C)=O. The van der Waals surface area contributed by atoms with E-state index in [1.165, 1.54) is 25.0 Å². The first-order chi connectivity index (χ1) is 5.66. The van der Waals surface area contributed by atoms with Gasteiger partial charge in [0.15, 0.2) is 0 Å². The number of rotatable bonds is 7. The second-order valence-electron chi connectivity index (χ2n) is 3.29. The van der Waals surface area contributed by atoms with Crippen LogP contribution in [0.1, 0.15) is 46.5 Å². The molecule has 1 nitrogen and oxygen atoms in total. The molecule has 0 aliphatic carbocycles. The van der Waals surface area contributed by atoms with E-state index < -0.39 is 0 Å². The molecule has 1 unspecified atom stereocenters. The summed E-state index contributed by atoms with van der Waals surface area (Å²) in [5.74, 6) is 1.52. The molecule has 0 fully saturated rings. The summed E-state index contributed by atoms with van der Waals surface area (Å²) >= 11 is 1.92. The highest BCUT2D eigenvalue weighted by Crippen LogP contribution is 2.16. The number of thioether (sulfide) groups is 1. The van der Waals surface area contributed by atoms with E-state index in [1.54, 1.807) is 6.92 Å². The Balaban J connectivity index is 3.19. The van der Waals surface area contributed by atoms with Gasteiger partial charge in [-0.05, 0) is 19.1 Å². The quantitative estimate of drug-likeness (QED) is 0.570. The summed E-state index contributed by atoms with van der Waals surface area (Å²) in [6.07, 6.45) is 4.63. The van der Waals surface area contributed by atoms with Crippen molar-refractivity contribution in [2.45, 2.75) is 51.7 Å². The van der Waals surface area contributed by atoms with Gasteiger partial charge in [-0.25, -0.2) is 0 Å². The third-order valence-corrected chi connectivity index (χ3v) is 2.99. The largest absolute Gasteiger partial charge is 0.300 e. The zero-order chi connectivity index (χ0) is 9.40. The van der Waals surface area contributed by atoms with Crippen molar-refractivity contribution in [3.05, 3.63) is 0 Å². The van der Waals surface area contributed by atoms with Crippen molar-refractivity contribution >= 4 is 17.5 Å². The molecule has 0 aromatic carbocycles. The van der Waals surface area contributed by atoms with Gasteiger partial charge in [0.1, 0.15) is 5.78 Å². The van der Waals surface area contributed by atoms with Crippen molar-refractivity contribution in [1.29, 1.82) is 0 Å². The van der Waals surface area contributed by atoms with Crippen molar-refractivity contribution < 1.29 is 4.79 Å². The van der Waals surface area contributed by atoms with Crippen LogP contribution in [0.15, 0.2) is 0 Å². The number of unbranched alkanes of at least 4 members (excludes halogenated alkanes) is 2. The Morgan fingerprint density at radius 1 is 1.42 bits per heavy atom. The minimum absolute atomic E-state index is 0.311. The van der Waals surface area contributed by atoms with Crippen LogP contribution >= 0.6 is 11.8 Å². The third kappa shape index (κ3) is 8.12. The van der Waals surface area contributed by atoms with E-state index in [2.05, 4.69) is 13.8 Å². The Bertz CT molecular complexity index is 123. The zero-order valence-electron chi connectivity index (χ0n) is 8.43. The molecule has 0 saturated heterocycles. The van der Waals surface area contributed by atoms with Crippen LogP contribution in [-0.4, -0.2) is 16.8 Å². The van der Waals surface area contributed by atoms with Crippen LogP contribution in [0.25, 0.3) is 0 Å². The first kappa shape index (κ1) is 12.0. The molecule has 12 heavy (non-hydrogen) atoms. The van der Waals surface area contributed by atoms with E-state index in [-0.39, 0.29) is 0 Å². The standard InChI is InChI=1S/C10H20OS/c1-4-5-6-7-12-10(3)8-9(2)11/h10H,4-8H2,1-3H3. The molecular formula is C10H20OS. The van der Waals surface area contributed by atoms with Crippen LogP contribution in [0, 0.1) is 0 Å². The van der Waals surface area contributed by atoms with E-state index in [1.807, 2.05) is 11.8 Å². The number of ketones is 1. The average Bonchev–Trinajstić information content (AvgIpc) is 1.97. The van der Waals surface area contributed by atoms with Gasteiger partial charge in [0.2, 0.25) is 0 Å². The maximum Gasteiger partial charge on any atom is 0.130 e. The van der Waals surface area contributed by atoms with E-state index in [0.29, 0.717) is 11.0 Å². The molecule has 0 saturated carbocycles. The number of carbonyl (C=O) groups is 1. The predicted octanol–water partition coefficient (Wildman–Crippen LogP) is 3.28. The highest BCUT2D eigenvalue weighted by molar-refractivity contribution is 7.99. The molecule has 0 aliphatic rings. The lowest BCUT2D eigenvalue weighted by atomic mass is 10.2. The van der Waals surface area contributed by atoms with Crippen molar-refractivity contribution in [3.8, 4) is 0 Å². The van der Waals surface area contributed by atoms with Gasteiger partial charge >= 0.3 is 0 Å². The maximum atomic E-state index is 10.7. The minimum Gasteiger partial charge on any atom is -0.300 e. The minimum atomic E-state index is 0.311. The lowest BCUT2D eigenvalue weighted by molar-refractivity contribution is -0.116. The first-order valence-electron chi connectivity index (χ1n) is 4.77. The molecule has 0 amide bonds. The van der Waals surface area contributed by atoms with Gasteiger partial charge in [-0.1, -0.05) is 26.7 Å². The summed E-state index contributed by atoms with van der Waals surface area (Å²) in [6, 6.07) is 0. The fourth-order valence-corrected chi connectivity index (χ4v) is 2.23. The zero-order valence-corrected chi connectivity index (χ0v) is 9.25. The van der Waals surface area contributed by atoms with Crippen LogP contribution in [0.2, 0.25) is 0 Å². The molecule has 0 bridgehead atoms. The smallest absolute Gasteiger partial charge is 0.130 e. The Kier molecular flexibility index (Phi) is 7.67. The van der Waals surface area contributed by atoms with Crippen LogP contribution in [0.4, 0.5) is 0 Å². The molecule has 0 aliphatic heterocycles. The lowest BCUT2D eigenvalue weighted by Crippen LogP contribution is -2.03. The second-order valence-corrected chi connectivity index (χ2v) is 4.84. The Hall–Kier alpha value is 0.0200. The molecule has 0 rings (SSSR count). The van der Waals surface area contributed by atoms with Crippen molar-refractivity contribution in [2.75, 3.05) is 5.75 Å². The molecule has 0 radical (unpaired) electrons. The van der Waals surface area contributed by atoms with Crippen molar-refractivity contribution in [2.24, 2.45) is 0 Å². The summed E-state index contributed by atoms with van der Waals surface area (Å²) in [4.78, 5) is 10.7. The van der Waals surface area contributed by atoms with Gasteiger partial charge in [0.05, 0.1) is 0 Å². The summed E-state index contributed by atoms with van der Waals surface area (Å²) in [5.41, 5.74) is 0. The van der Waals surface area contributed by atoms with Crippen LogP contribution in [0.3, 0.4) is 0 Å². The van der Waals surface area contributed by atoms with E-state index in [9.17, 15) is 4.79 Å². The van der Waals surface area contributed by atoms with Crippen molar-refractivity contribution in [3.63, 3.8) is 0 Å². The fraction of sp³-hybridized carbons (Fsp3) is 0.900. The van der Waals surface area contributed by atoms with Gasteiger partial charge in [-0.15, -0.1) is 0 Å². The summed E-state index contributed by atoms with van der Waals surface area (Å²) in [5, 5.41) is 0.513. The molecule has 0 aromatic rings. The predicted molar refractivity (Wildman–Crippen MR) is 56.7 cm³/mol. The molecule has 0 N–H and O–H groups in total. The normalized spacial score (nSPS) is 12.9. The Morgan fingerprint density at radius 2 is 2.08 bits per heavy atom. The number of carbonyl (C=O) groups excluding carboxylic acids is 1. The molecule has 0 heterocycles. The van der Waals surface area contributed by atoms with E-state index in [0.717, 1.165) is 6.42 Å². The molecular weight excluding hydrogens is 168 g/mol. The van der Waals surface area contributed by atoms with E-state index >= 15 is 0 Å². The lowest BCUT2D eigenvalue weighted by Gasteiger charge is -2.07. The van der Waals surface area contributed by atoms with Crippen LogP contribution in [-0.2, 0) is 4.79 Å². The number of hydrogen-bond acceptors (Lipinski definition) is 2. The van der Waals surface area contributed by atoms with Gasteiger partial charge in [-0.2, -0.15) is 11.8 Å². The van der Waals surface area contributed by atoms with Gasteiger partial charge < -0.3 is 0 Å². The first-order valence-corrected chi connectivity index (χ1v) is 5.82. The summed E-state index contributed by atoms with van der Waals surface area (Å²) < 4.78 is 0. The topological polar surface area (TPSA) is 17.1 Å². The maximum absolute atomic E-state index is 10.7. The Morgan fingerprint density at radius 3 is 2.58 bits per heavy atom. The molecule has 2 heteroatoms. The van der Waals surface area contributed by atoms with Crippen molar-refractivity contribution in [1.82, 2.24) is 0 Å². The fourth-order valence-electron chi connectivity index (χ4n) is 1.10. The highest BCUT2D eigenvalue weighted by Gasteiger charge is 2.04. The number of Topliss-reactive ketones (excluding diaryl/α,β-unsaturated/α-hetero) is 1. The molecule has 1 atom stereocenters. The Labute approximate surface area is 80.3 Å². The van der Waals surface area contributed by atoms with Gasteiger partial charge in [0, 0.05) is 11.7 Å². The van der Waals surface area contributed by atoms with Gasteiger partial charge in [-0.3, -0.25) is 4.79 Å². The van der Waals surface area contributed by atoms with Crippen LogP contribution in [0.5, 0.6) is 0 Å².